The predicted molar refractivity (Wildman–Crippen MR) is 150 cm³/mol. The monoisotopic (exact) mass is 506 g/mol. The van der Waals surface area contributed by atoms with Crippen molar-refractivity contribution in [2.75, 3.05) is 0 Å². The molecule has 4 unspecified atom stereocenters. The van der Waals surface area contributed by atoms with Gasteiger partial charge in [-0.1, -0.05) is 65.5 Å². The van der Waals surface area contributed by atoms with Gasteiger partial charge in [-0.25, -0.2) is 4.79 Å². The van der Waals surface area contributed by atoms with E-state index in [0.29, 0.717) is 11.0 Å². The van der Waals surface area contributed by atoms with Gasteiger partial charge in [0.25, 0.3) is 0 Å². The van der Waals surface area contributed by atoms with Gasteiger partial charge in [-0.2, -0.15) is 0 Å². The summed E-state index contributed by atoms with van der Waals surface area (Å²) in [5.74, 6) is 4.98. The zero-order valence-corrected chi connectivity index (χ0v) is 24.0. The molecule has 3 nitrogen and oxygen atoms in total. The fraction of sp³-hybridized carbons (Fsp3) is 0.735. The molecule has 5 rings (SSSR count). The summed E-state index contributed by atoms with van der Waals surface area (Å²) in [5.41, 5.74) is 2.87. The Morgan fingerprint density at radius 2 is 1.76 bits per heavy atom. The second-order valence-corrected chi connectivity index (χ2v) is 14.1. The number of phenols is 1. The molecule has 1 aromatic carbocycles. The Morgan fingerprint density at radius 1 is 1.00 bits per heavy atom. The highest BCUT2D eigenvalue weighted by Crippen LogP contribution is 2.67. The zero-order chi connectivity index (χ0) is 26.4. The number of rotatable bonds is 7. The number of hydrogen-bond donors (Lipinski definition) is 1. The molecule has 0 spiro atoms. The van der Waals surface area contributed by atoms with Gasteiger partial charge < -0.3 is 9.84 Å². The van der Waals surface area contributed by atoms with Crippen molar-refractivity contribution >= 4 is 5.97 Å². The minimum Gasteiger partial charge on any atom is -0.508 e. The smallest absolute Gasteiger partial charge is 0.338 e. The molecule has 4 aliphatic carbocycles. The summed E-state index contributed by atoms with van der Waals surface area (Å²) in [7, 11) is 0. The highest BCUT2D eigenvalue weighted by Gasteiger charge is 2.59. The molecule has 0 aromatic heterocycles. The van der Waals surface area contributed by atoms with Crippen LogP contribution in [0.2, 0.25) is 0 Å². The lowest BCUT2D eigenvalue weighted by molar-refractivity contribution is -0.0594. The van der Waals surface area contributed by atoms with Crippen LogP contribution in [0, 0.1) is 46.3 Å². The van der Waals surface area contributed by atoms with Crippen LogP contribution in [-0.4, -0.2) is 17.2 Å². The van der Waals surface area contributed by atoms with Crippen molar-refractivity contribution < 1.29 is 14.6 Å². The van der Waals surface area contributed by atoms with E-state index in [1.807, 2.05) is 0 Å². The molecule has 0 radical (unpaired) electrons. The van der Waals surface area contributed by atoms with E-state index in [4.69, 9.17) is 4.74 Å². The van der Waals surface area contributed by atoms with E-state index in [1.165, 1.54) is 51.4 Å². The normalized spacial score (nSPS) is 37.8. The zero-order valence-electron chi connectivity index (χ0n) is 24.0. The maximum absolute atomic E-state index is 12.7. The highest BCUT2D eigenvalue weighted by atomic mass is 16.5. The molecule has 1 N–H and O–H groups in total. The lowest BCUT2D eigenvalue weighted by Crippen LogP contribution is -2.51. The fourth-order valence-corrected chi connectivity index (χ4v) is 9.57. The van der Waals surface area contributed by atoms with Crippen LogP contribution in [0.4, 0.5) is 0 Å². The Bertz CT molecular complexity index is 993. The molecule has 0 amide bonds. The maximum Gasteiger partial charge on any atom is 0.338 e. The summed E-state index contributed by atoms with van der Waals surface area (Å²) in [4.78, 5) is 12.7. The number of allylic oxidation sites excluding steroid dienone is 1. The lowest BCUT2D eigenvalue weighted by Gasteiger charge is -2.58. The molecule has 3 saturated carbocycles. The first-order valence-electron chi connectivity index (χ1n) is 15.3. The first-order chi connectivity index (χ1) is 17.6. The maximum atomic E-state index is 12.7. The van der Waals surface area contributed by atoms with E-state index < -0.39 is 0 Å². The van der Waals surface area contributed by atoms with Crippen LogP contribution < -0.4 is 0 Å². The number of fused-ring (bicyclic) bond motifs is 5. The molecule has 0 heterocycles. The Kier molecular flexibility index (Phi) is 7.55. The molecular formula is C34H50O3. The van der Waals surface area contributed by atoms with E-state index >= 15 is 0 Å². The number of ether oxygens (including phenoxy) is 1. The third-order valence-corrected chi connectivity index (χ3v) is 11.6. The van der Waals surface area contributed by atoms with Gasteiger partial charge in [0.15, 0.2) is 0 Å². The Labute approximate surface area is 225 Å². The molecule has 0 bridgehead atoms. The minimum absolute atomic E-state index is 0.0337. The van der Waals surface area contributed by atoms with Crippen molar-refractivity contribution in [1.29, 1.82) is 0 Å². The quantitative estimate of drug-likeness (QED) is 0.296. The van der Waals surface area contributed by atoms with Crippen LogP contribution >= 0.6 is 0 Å². The molecule has 8 atom stereocenters. The Morgan fingerprint density at radius 3 is 2.49 bits per heavy atom. The second kappa shape index (κ2) is 10.4. The van der Waals surface area contributed by atoms with Crippen LogP contribution in [-0.2, 0) is 4.74 Å². The summed E-state index contributed by atoms with van der Waals surface area (Å²) >= 11 is 0. The van der Waals surface area contributed by atoms with E-state index in [-0.39, 0.29) is 23.2 Å². The van der Waals surface area contributed by atoms with Crippen molar-refractivity contribution in [3.05, 3.63) is 41.5 Å². The Balaban J connectivity index is 1.25. The first kappa shape index (κ1) is 26.8. The number of benzene rings is 1. The molecule has 0 saturated heterocycles. The Hall–Kier alpha value is -1.77. The van der Waals surface area contributed by atoms with Crippen LogP contribution in [0.5, 0.6) is 5.75 Å². The highest BCUT2D eigenvalue weighted by molar-refractivity contribution is 5.89. The SMILES string of the molecule is CC(C)CCC[C@@H](C)[C@H]1CCC2C3CC=C4CC(OC(=O)c5ccc(O)cc5)CC[C@]4(C)C3CC[C@@]21C. The summed E-state index contributed by atoms with van der Waals surface area (Å²) in [5, 5.41) is 9.52. The molecule has 4 aliphatic rings. The van der Waals surface area contributed by atoms with Gasteiger partial charge in [0, 0.05) is 6.42 Å². The fourth-order valence-electron chi connectivity index (χ4n) is 9.57. The molecule has 37 heavy (non-hydrogen) atoms. The minimum atomic E-state index is -0.268. The van der Waals surface area contributed by atoms with Crippen LogP contribution in [0.15, 0.2) is 35.9 Å². The average Bonchev–Trinajstić information content (AvgIpc) is 3.21. The number of hydrogen-bond acceptors (Lipinski definition) is 3. The van der Waals surface area contributed by atoms with E-state index in [0.717, 1.165) is 54.8 Å². The van der Waals surface area contributed by atoms with Gasteiger partial charge in [0.05, 0.1) is 5.56 Å². The van der Waals surface area contributed by atoms with Crippen molar-refractivity contribution in [2.24, 2.45) is 46.3 Å². The first-order valence-corrected chi connectivity index (χ1v) is 15.3. The average molecular weight is 507 g/mol. The van der Waals surface area contributed by atoms with E-state index in [1.54, 1.807) is 29.8 Å². The number of aromatic hydroxyl groups is 1. The van der Waals surface area contributed by atoms with Crippen LogP contribution in [0.3, 0.4) is 0 Å². The van der Waals surface area contributed by atoms with Crippen LogP contribution in [0.1, 0.15) is 116 Å². The number of phenolic OH excluding ortho intramolecular Hbond substituents is 1. The molecule has 3 fully saturated rings. The molecular weight excluding hydrogens is 456 g/mol. The second-order valence-electron chi connectivity index (χ2n) is 14.1. The summed E-state index contributed by atoms with van der Waals surface area (Å²) < 4.78 is 5.96. The largest absolute Gasteiger partial charge is 0.508 e. The standard InChI is InChI=1S/C34H50O3/c1-22(2)7-6-8-23(3)29-15-16-30-28-14-11-25-21-27(37-32(36)24-9-12-26(35)13-10-24)17-19-33(25,4)31(28)18-20-34(29,30)5/h9-13,22-23,27-31,35H,6-8,14-21H2,1-5H3/t23-,27?,28?,29-,30?,31?,33+,34-/m1/s1. The van der Waals surface area contributed by atoms with Gasteiger partial charge in [-0.15, -0.1) is 0 Å². The molecule has 1 aromatic rings. The molecule has 0 aliphatic heterocycles. The van der Waals surface area contributed by atoms with Gasteiger partial charge >= 0.3 is 5.97 Å². The topological polar surface area (TPSA) is 46.5 Å². The third-order valence-electron chi connectivity index (χ3n) is 11.6. The van der Waals surface area contributed by atoms with Crippen molar-refractivity contribution in [3.8, 4) is 5.75 Å². The van der Waals surface area contributed by atoms with Crippen molar-refractivity contribution in [1.82, 2.24) is 0 Å². The van der Waals surface area contributed by atoms with Gasteiger partial charge in [0.1, 0.15) is 11.9 Å². The third kappa shape index (κ3) is 5.01. The van der Waals surface area contributed by atoms with Gasteiger partial charge in [-0.3, -0.25) is 0 Å². The van der Waals surface area contributed by atoms with E-state index in [9.17, 15) is 9.90 Å². The van der Waals surface area contributed by atoms with E-state index in [2.05, 4.69) is 40.7 Å². The number of carbonyl (C=O) groups is 1. The number of carbonyl (C=O) groups excluding carboxylic acids is 1. The predicted octanol–water partition coefficient (Wildman–Crippen LogP) is 8.96. The van der Waals surface area contributed by atoms with Gasteiger partial charge in [0.2, 0.25) is 0 Å². The van der Waals surface area contributed by atoms with Crippen molar-refractivity contribution in [3.63, 3.8) is 0 Å². The number of esters is 1. The lowest BCUT2D eigenvalue weighted by atomic mass is 9.47. The van der Waals surface area contributed by atoms with Gasteiger partial charge in [-0.05, 0) is 116 Å². The molecule has 3 heteroatoms. The molecule has 204 valence electrons. The van der Waals surface area contributed by atoms with Crippen LogP contribution in [0.25, 0.3) is 0 Å². The van der Waals surface area contributed by atoms with Crippen molar-refractivity contribution in [2.45, 2.75) is 111 Å². The summed E-state index contributed by atoms with van der Waals surface area (Å²) in [6.07, 6.45) is 16.6. The summed E-state index contributed by atoms with van der Waals surface area (Å²) in [6.45, 7) is 12.5. The summed E-state index contributed by atoms with van der Waals surface area (Å²) in [6, 6.07) is 6.40.